The lowest BCUT2D eigenvalue weighted by atomic mass is 10.2. The second kappa shape index (κ2) is 6.52. The van der Waals surface area contributed by atoms with Gasteiger partial charge in [-0.2, -0.15) is 0 Å². The molecule has 1 saturated carbocycles. The Labute approximate surface area is 126 Å². The van der Waals surface area contributed by atoms with Crippen LogP contribution in [0.2, 0.25) is 0 Å². The predicted molar refractivity (Wildman–Crippen MR) is 84.0 cm³/mol. The summed E-state index contributed by atoms with van der Waals surface area (Å²) in [7, 11) is 2.23. The Kier molecular flexibility index (Phi) is 4.71. The molecule has 0 spiro atoms. The Balaban J connectivity index is 1.53. The van der Waals surface area contributed by atoms with Gasteiger partial charge >= 0.3 is 0 Å². The van der Waals surface area contributed by atoms with Gasteiger partial charge in [0.1, 0.15) is 5.01 Å². The molecule has 4 nitrogen and oxygen atoms in total. The first kappa shape index (κ1) is 14.4. The summed E-state index contributed by atoms with van der Waals surface area (Å²) in [6.45, 7) is 7.87. The second-order valence-corrected chi connectivity index (χ2v) is 7.27. The van der Waals surface area contributed by atoms with Crippen molar-refractivity contribution in [3.8, 4) is 0 Å². The lowest BCUT2D eigenvalue weighted by Gasteiger charge is -2.27. The largest absolute Gasteiger partial charge is 0.308 e. The van der Waals surface area contributed by atoms with Crippen molar-refractivity contribution in [3.63, 3.8) is 0 Å². The summed E-state index contributed by atoms with van der Waals surface area (Å²) in [5, 5.41) is 7.03. The molecule has 1 atom stereocenters. The van der Waals surface area contributed by atoms with E-state index in [1.165, 1.54) is 49.6 Å². The summed E-state index contributed by atoms with van der Waals surface area (Å²) >= 11 is 1.80. The van der Waals surface area contributed by atoms with Gasteiger partial charge in [0.15, 0.2) is 0 Å². The maximum atomic E-state index is 4.79. The van der Waals surface area contributed by atoms with Crippen LogP contribution in [0.4, 0.5) is 0 Å². The Morgan fingerprint density at radius 2 is 2.25 bits per heavy atom. The third-order valence-electron chi connectivity index (χ3n) is 4.27. The molecule has 0 amide bonds. The van der Waals surface area contributed by atoms with Crippen LogP contribution in [-0.2, 0) is 13.1 Å². The molecule has 1 N–H and O–H groups in total. The Morgan fingerprint density at radius 1 is 1.40 bits per heavy atom. The topological polar surface area (TPSA) is 31.4 Å². The van der Waals surface area contributed by atoms with Gasteiger partial charge < -0.3 is 10.2 Å². The van der Waals surface area contributed by atoms with Crippen molar-refractivity contribution in [2.24, 2.45) is 0 Å². The van der Waals surface area contributed by atoms with Gasteiger partial charge in [0, 0.05) is 43.6 Å². The maximum Gasteiger partial charge on any atom is 0.107 e. The van der Waals surface area contributed by atoms with Crippen molar-refractivity contribution in [3.05, 3.63) is 16.1 Å². The number of nitrogens with zero attached hydrogens (tertiary/aromatic N) is 3. The van der Waals surface area contributed by atoms with Crippen LogP contribution in [0, 0.1) is 0 Å². The molecule has 2 aliphatic rings. The molecule has 1 saturated heterocycles. The first-order chi connectivity index (χ1) is 9.70. The molecule has 3 rings (SSSR count). The van der Waals surface area contributed by atoms with Gasteiger partial charge in [-0.3, -0.25) is 4.90 Å². The molecule has 1 unspecified atom stereocenters. The van der Waals surface area contributed by atoms with E-state index in [1.54, 1.807) is 11.3 Å². The van der Waals surface area contributed by atoms with Crippen LogP contribution >= 0.6 is 11.3 Å². The zero-order chi connectivity index (χ0) is 13.9. The molecule has 1 aromatic heterocycles. The minimum absolute atomic E-state index is 0.622. The fourth-order valence-electron chi connectivity index (χ4n) is 2.89. The standard InChI is InChI=1S/C15H26N4S/c1-12-9-18(2)6-3-7-19(12)10-14-11-20-15(17-14)8-16-13-4-5-13/h11-13,16H,3-10H2,1-2H3. The highest BCUT2D eigenvalue weighted by atomic mass is 32.1. The summed E-state index contributed by atoms with van der Waals surface area (Å²) in [4.78, 5) is 9.81. The van der Waals surface area contributed by atoms with E-state index >= 15 is 0 Å². The van der Waals surface area contributed by atoms with Gasteiger partial charge in [-0.15, -0.1) is 11.3 Å². The Morgan fingerprint density at radius 3 is 3.05 bits per heavy atom. The van der Waals surface area contributed by atoms with Gasteiger partial charge in [-0.1, -0.05) is 0 Å². The Hall–Kier alpha value is -0.490. The van der Waals surface area contributed by atoms with E-state index in [9.17, 15) is 0 Å². The summed E-state index contributed by atoms with van der Waals surface area (Å²) < 4.78 is 0. The van der Waals surface area contributed by atoms with Crippen LogP contribution in [-0.4, -0.2) is 53.5 Å². The van der Waals surface area contributed by atoms with Crippen molar-refractivity contribution < 1.29 is 0 Å². The third kappa shape index (κ3) is 4.01. The molecule has 2 fully saturated rings. The van der Waals surface area contributed by atoms with E-state index in [0.717, 1.165) is 19.1 Å². The van der Waals surface area contributed by atoms with Gasteiger partial charge in [0.05, 0.1) is 5.69 Å². The molecule has 0 aromatic carbocycles. The molecule has 20 heavy (non-hydrogen) atoms. The Bertz CT molecular complexity index is 429. The van der Waals surface area contributed by atoms with E-state index in [-0.39, 0.29) is 0 Å². The van der Waals surface area contributed by atoms with E-state index in [1.807, 2.05) is 0 Å². The van der Waals surface area contributed by atoms with Crippen LogP contribution in [0.15, 0.2) is 5.38 Å². The lowest BCUT2D eigenvalue weighted by Crippen LogP contribution is -2.37. The van der Waals surface area contributed by atoms with Crippen molar-refractivity contribution >= 4 is 11.3 Å². The van der Waals surface area contributed by atoms with Crippen LogP contribution in [0.5, 0.6) is 0 Å². The predicted octanol–water partition coefficient (Wildman–Crippen LogP) is 1.92. The number of aromatic nitrogens is 1. The molecule has 5 heteroatoms. The number of hydrogen-bond acceptors (Lipinski definition) is 5. The molecule has 1 aliphatic carbocycles. The average molecular weight is 294 g/mol. The van der Waals surface area contributed by atoms with Gasteiger partial charge in [-0.25, -0.2) is 4.98 Å². The molecular weight excluding hydrogens is 268 g/mol. The zero-order valence-electron chi connectivity index (χ0n) is 12.6. The summed E-state index contributed by atoms with van der Waals surface area (Å²) in [6, 6.07) is 1.39. The fourth-order valence-corrected chi connectivity index (χ4v) is 3.62. The number of hydrogen-bond donors (Lipinski definition) is 1. The maximum absolute atomic E-state index is 4.79. The van der Waals surface area contributed by atoms with Crippen LogP contribution in [0.25, 0.3) is 0 Å². The molecule has 112 valence electrons. The van der Waals surface area contributed by atoms with E-state index in [2.05, 4.69) is 34.5 Å². The molecule has 0 bridgehead atoms. The highest BCUT2D eigenvalue weighted by Gasteiger charge is 2.22. The van der Waals surface area contributed by atoms with Crippen molar-refractivity contribution in [1.29, 1.82) is 0 Å². The minimum Gasteiger partial charge on any atom is -0.308 e. The normalized spacial score (nSPS) is 25.8. The highest BCUT2D eigenvalue weighted by Crippen LogP contribution is 2.20. The van der Waals surface area contributed by atoms with E-state index in [0.29, 0.717) is 6.04 Å². The molecular formula is C15H26N4S. The smallest absolute Gasteiger partial charge is 0.107 e. The molecule has 1 aromatic rings. The van der Waals surface area contributed by atoms with Crippen LogP contribution in [0.3, 0.4) is 0 Å². The second-order valence-electron chi connectivity index (χ2n) is 6.32. The van der Waals surface area contributed by atoms with Crippen LogP contribution in [0.1, 0.15) is 36.9 Å². The zero-order valence-corrected chi connectivity index (χ0v) is 13.5. The van der Waals surface area contributed by atoms with Gasteiger partial charge in [-0.05, 0) is 39.8 Å². The fraction of sp³-hybridized carbons (Fsp3) is 0.800. The summed E-state index contributed by atoms with van der Waals surface area (Å²) in [5.41, 5.74) is 1.25. The lowest BCUT2D eigenvalue weighted by molar-refractivity contribution is 0.193. The SMILES string of the molecule is CC1CN(C)CCCN1Cc1csc(CNC2CC2)n1. The van der Waals surface area contributed by atoms with Crippen molar-refractivity contribution in [2.45, 2.75) is 51.4 Å². The van der Waals surface area contributed by atoms with Crippen molar-refractivity contribution in [2.75, 3.05) is 26.7 Å². The highest BCUT2D eigenvalue weighted by molar-refractivity contribution is 7.09. The minimum atomic E-state index is 0.622. The van der Waals surface area contributed by atoms with Crippen molar-refractivity contribution in [1.82, 2.24) is 20.1 Å². The number of thiazole rings is 1. The average Bonchev–Trinajstić information content (AvgIpc) is 3.16. The van der Waals surface area contributed by atoms with Gasteiger partial charge in [0.25, 0.3) is 0 Å². The van der Waals surface area contributed by atoms with Gasteiger partial charge in [0.2, 0.25) is 0 Å². The molecule has 2 heterocycles. The monoisotopic (exact) mass is 294 g/mol. The van der Waals surface area contributed by atoms with E-state index < -0.39 is 0 Å². The first-order valence-corrected chi connectivity index (χ1v) is 8.68. The quantitative estimate of drug-likeness (QED) is 0.899. The molecule has 1 aliphatic heterocycles. The number of likely N-dealkylation sites (N-methyl/N-ethyl adjacent to an activating group) is 1. The summed E-state index contributed by atoms with van der Waals surface area (Å²) in [6.07, 6.45) is 3.95. The third-order valence-corrected chi connectivity index (χ3v) is 5.17. The first-order valence-electron chi connectivity index (χ1n) is 7.80. The van der Waals surface area contributed by atoms with Crippen LogP contribution < -0.4 is 5.32 Å². The number of rotatable bonds is 5. The number of nitrogens with one attached hydrogen (secondary N) is 1. The van der Waals surface area contributed by atoms with E-state index in [4.69, 9.17) is 4.98 Å². The molecule has 0 radical (unpaired) electrons. The summed E-state index contributed by atoms with van der Waals surface area (Å²) in [5.74, 6) is 0.